The molecule has 1 aliphatic carbocycles. The molecule has 2 nitrogen and oxygen atoms in total. The Morgan fingerprint density at radius 2 is 2.20 bits per heavy atom. The van der Waals surface area contributed by atoms with Gasteiger partial charge in [0.2, 0.25) is 5.91 Å². The van der Waals surface area contributed by atoms with Crippen molar-refractivity contribution in [2.24, 2.45) is 5.41 Å². The molecular formula is C11H11BrFNO. The first-order valence-electron chi connectivity index (χ1n) is 4.78. The lowest BCUT2D eigenvalue weighted by atomic mass is 10.1. The van der Waals surface area contributed by atoms with Crippen molar-refractivity contribution in [3.8, 4) is 0 Å². The van der Waals surface area contributed by atoms with E-state index in [2.05, 4.69) is 21.2 Å². The number of nitrogens with one attached hydrogen (secondary N) is 1. The van der Waals surface area contributed by atoms with Gasteiger partial charge >= 0.3 is 0 Å². The Morgan fingerprint density at radius 3 is 2.80 bits per heavy atom. The Morgan fingerprint density at radius 1 is 1.53 bits per heavy atom. The Kier molecular flexibility index (Phi) is 2.54. The third kappa shape index (κ3) is 2.20. The molecule has 1 saturated carbocycles. The molecule has 0 unspecified atom stereocenters. The van der Waals surface area contributed by atoms with Gasteiger partial charge in [0.05, 0.1) is 5.69 Å². The number of carbonyl (C=O) groups is 1. The van der Waals surface area contributed by atoms with E-state index in [9.17, 15) is 9.18 Å². The number of rotatable bonds is 2. The van der Waals surface area contributed by atoms with Crippen LogP contribution in [0.4, 0.5) is 10.1 Å². The fourth-order valence-corrected chi connectivity index (χ4v) is 1.63. The summed E-state index contributed by atoms with van der Waals surface area (Å²) >= 11 is 3.26. The van der Waals surface area contributed by atoms with E-state index in [0.717, 1.165) is 12.8 Å². The van der Waals surface area contributed by atoms with Crippen LogP contribution in [-0.4, -0.2) is 5.91 Å². The smallest absolute Gasteiger partial charge is 0.230 e. The van der Waals surface area contributed by atoms with Crippen LogP contribution in [0.2, 0.25) is 0 Å². The summed E-state index contributed by atoms with van der Waals surface area (Å²) in [6, 6.07) is 4.24. The van der Waals surface area contributed by atoms with Crippen LogP contribution in [-0.2, 0) is 4.79 Å². The second-order valence-corrected chi connectivity index (χ2v) is 4.99. The fourth-order valence-electron chi connectivity index (χ4n) is 1.28. The van der Waals surface area contributed by atoms with Crippen molar-refractivity contribution in [1.82, 2.24) is 0 Å². The minimum atomic E-state index is -0.352. The molecule has 0 bridgehead atoms. The first-order chi connectivity index (χ1) is 7.01. The summed E-state index contributed by atoms with van der Waals surface area (Å²) in [4.78, 5) is 11.7. The number of anilines is 1. The molecule has 4 heteroatoms. The second-order valence-electron chi connectivity index (χ2n) is 4.14. The summed E-state index contributed by atoms with van der Waals surface area (Å²) in [5.74, 6) is -0.386. The zero-order valence-electron chi connectivity index (χ0n) is 8.31. The third-order valence-corrected chi connectivity index (χ3v) is 3.42. The summed E-state index contributed by atoms with van der Waals surface area (Å²) in [6.45, 7) is 1.91. The lowest BCUT2D eigenvalue weighted by Gasteiger charge is -2.11. The molecule has 1 aliphatic rings. The Bertz CT molecular complexity index is 415. The second kappa shape index (κ2) is 3.59. The largest absolute Gasteiger partial charge is 0.325 e. The standard InChI is InChI=1S/C11H11BrFNO/c1-11(4-5-11)10(15)14-9-6-7(13)2-3-8(9)12/h2-3,6H,4-5H2,1H3,(H,14,15). The van der Waals surface area contributed by atoms with Gasteiger partial charge in [-0.25, -0.2) is 4.39 Å². The maximum Gasteiger partial charge on any atom is 0.230 e. The third-order valence-electron chi connectivity index (χ3n) is 2.72. The van der Waals surface area contributed by atoms with E-state index in [4.69, 9.17) is 0 Å². The van der Waals surface area contributed by atoms with E-state index in [1.807, 2.05) is 6.92 Å². The van der Waals surface area contributed by atoms with E-state index >= 15 is 0 Å². The maximum absolute atomic E-state index is 12.9. The van der Waals surface area contributed by atoms with Crippen molar-refractivity contribution in [1.29, 1.82) is 0 Å². The average molecular weight is 272 g/mol. The van der Waals surface area contributed by atoms with E-state index in [1.54, 1.807) is 6.07 Å². The molecular weight excluding hydrogens is 261 g/mol. The van der Waals surface area contributed by atoms with Crippen LogP contribution in [0.5, 0.6) is 0 Å². The van der Waals surface area contributed by atoms with Crippen molar-refractivity contribution in [3.63, 3.8) is 0 Å². The predicted molar refractivity (Wildman–Crippen MR) is 60.1 cm³/mol. The van der Waals surface area contributed by atoms with Crippen molar-refractivity contribution >= 4 is 27.5 Å². The number of carbonyl (C=O) groups excluding carboxylic acids is 1. The van der Waals surface area contributed by atoms with Crippen molar-refractivity contribution in [2.45, 2.75) is 19.8 Å². The Labute approximate surface area is 96.0 Å². The lowest BCUT2D eigenvalue weighted by molar-refractivity contribution is -0.120. The highest BCUT2D eigenvalue weighted by Gasteiger charge is 2.44. The molecule has 1 N–H and O–H groups in total. The molecule has 1 aromatic rings. The van der Waals surface area contributed by atoms with Crippen LogP contribution in [0, 0.1) is 11.2 Å². The monoisotopic (exact) mass is 271 g/mol. The quantitative estimate of drug-likeness (QED) is 0.879. The summed E-state index contributed by atoms with van der Waals surface area (Å²) in [7, 11) is 0. The normalized spacial score (nSPS) is 17.3. The van der Waals surface area contributed by atoms with Crippen LogP contribution in [0.3, 0.4) is 0 Å². The van der Waals surface area contributed by atoms with Gasteiger partial charge in [-0.2, -0.15) is 0 Å². The molecule has 0 aromatic heterocycles. The van der Waals surface area contributed by atoms with Gasteiger partial charge in [0.15, 0.2) is 0 Å². The molecule has 15 heavy (non-hydrogen) atoms. The summed E-state index contributed by atoms with van der Waals surface area (Å²) < 4.78 is 13.6. The highest BCUT2D eigenvalue weighted by molar-refractivity contribution is 9.10. The first kappa shape index (κ1) is 10.6. The zero-order chi connectivity index (χ0) is 11.1. The summed E-state index contributed by atoms with van der Waals surface area (Å²) in [6.07, 6.45) is 1.82. The lowest BCUT2D eigenvalue weighted by Crippen LogP contribution is -2.21. The van der Waals surface area contributed by atoms with E-state index in [1.165, 1.54) is 12.1 Å². The number of halogens is 2. The van der Waals surface area contributed by atoms with Crippen molar-refractivity contribution < 1.29 is 9.18 Å². The zero-order valence-corrected chi connectivity index (χ0v) is 9.90. The Balaban J connectivity index is 2.16. The maximum atomic E-state index is 12.9. The molecule has 0 aliphatic heterocycles. The van der Waals surface area contributed by atoms with Crippen molar-refractivity contribution in [3.05, 3.63) is 28.5 Å². The number of hydrogen-bond acceptors (Lipinski definition) is 1. The van der Waals surface area contributed by atoms with Crippen molar-refractivity contribution in [2.75, 3.05) is 5.32 Å². The fraction of sp³-hybridized carbons (Fsp3) is 0.364. The average Bonchev–Trinajstić information content (AvgIpc) is 2.91. The molecule has 2 rings (SSSR count). The van der Waals surface area contributed by atoms with E-state index in [-0.39, 0.29) is 17.1 Å². The predicted octanol–water partition coefficient (Wildman–Crippen LogP) is 3.33. The van der Waals surface area contributed by atoms with Gasteiger partial charge in [-0.3, -0.25) is 4.79 Å². The van der Waals surface area contributed by atoms with Crippen LogP contribution >= 0.6 is 15.9 Å². The minimum absolute atomic E-state index is 0.0335. The SMILES string of the molecule is CC1(C(=O)Nc2cc(F)ccc2Br)CC1. The topological polar surface area (TPSA) is 29.1 Å². The van der Waals surface area contributed by atoms with Crippen LogP contribution in [0.15, 0.2) is 22.7 Å². The molecule has 0 heterocycles. The van der Waals surface area contributed by atoms with Gasteiger partial charge in [0, 0.05) is 9.89 Å². The Hall–Kier alpha value is -0.900. The molecule has 0 saturated heterocycles. The van der Waals surface area contributed by atoms with Gasteiger partial charge in [0.1, 0.15) is 5.82 Å². The molecule has 80 valence electrons. The first-order valence-corrected chi connectivity index (χ1v) is 5.57. The summed E-state index contributed by atoms with van der Waals surface area (Å²) in [5, 5.41) is 2.73. The van der Waals surface area contributed by atoms with Crippen LogP contribution in [0.1, 0.15) is 19.8 Å². The molecule has 1 amide bonds. The number of benzene rings is 1. The summed E-state index contributed by atoms with van der Waals surface area (Å²) in [5.41, 5.74) is 0.249. The van der Waals surface area contributed by atoms with E-state index < -0.39 is 0 Å². The van der Waals surface area contributed by atoms with Gasteiger partial charge in [-0.1, -0.05) is 6.92 Å². The minimum Gasteiger partial charge on any atom is -0.325 e. The van der Waals surface area contributed by atoms with E-state index in [0.29, 0.717) is 10.2 Å². The van der Waals surface area contributed by atoms with Gasteiger partial charge in [0.25, 0.3) is 0 Å². The molecule has 0 spiro atoms. The molecule has 0 radical (unpaired) electrons. The van der Waals surface area contributed by atoms with Gasteiger partial charge < -0.3 is 5.32 Å². The molecule has 0 atom stereocenters. The molecule has 1 aromatic carbocycles. The highest BCUT2D eigenvalue weighted by atomic mass is 79.9. The van der Waals surface area contributed by atoms with Crippen LogP contribution in [0.25, 0.3) is 0 Å². The number of hydrogen-bond donors (Lipinski definition) is 1. The molecule has 1 fully saturated rings. The van der Waals surface area contributed by atoms with Crippen LogP contribution < -0.4 is 5.32 Å². The number of amides is 1. The van der Waals surface area contributed by atoms with Gasteiger partial charge in [-0.05, 0) is 47.0 Å². The van der Waals surface area contributed by atoms with Gasteiger partial charge in [-0.15, -0.1) is 0 Å². The highest BCUT2D eigenvalue weighted by Crippen LogP contribution is 2.46.